The summed E-state index contributed by atoms with van der Waals surface area (Å²) in [5.74, 6) is -0.582. The van der Waals surface area contributed by atoms with Gasteiger partial charge in [-0.1, -0.05) is 12.1 Å². The van der Waals surface area contributed by atoms with E-state index in [1.54, 1.807) is 31.2 Å². The van der Waals surface area contributed by atoms with Crippen LogP contribution in [0.2, 0.25) is 0 Å². The Morgan fingerprint density at radius 3 is 2.40 bits per heavy atom. The van der Waals surface area contributed by atoms with Crippen molar-refractivity contribution in [1.29, 1.82) is 0 Å². The van der Waals surface area contributed by atoms with Crippen LogP contribution in [-0.4, -0.2) is 24.2 Å². The second kappa shape index (κ2) is 4.37. The molecule has 0 saturated carbocycles. The van der Waals surface area contributed by atoms with Crippen molar-refractivity contribution in [2.75, 3.05) is 12.3 Å². The molecule has 0 aromatic heterocycles. The van der Waals surface area contributed by atoms with Crippen LogP contribution in [-0.2, 0) is 10.3 Å². The zero-order valence-electron chi connectivity index (χ0n) is 11.2. The molecule has 0 bridgehead atoms. The molecule has 0 spiro atoms. The molecule has 0 aliphatic carbocycles. The van der Waals surface area contributed by atoms with Gasteiger partial charge in [0.1, 0.15) is 11.4 Å². The highest BCUT2D eigenvalue weighted by atomic mass is 19.4. The van der Waals surface area contributed by atoms with Crippen LogP contribution in [0, 0.1) is 0 Å². The minimum Gasteiger partial charge on any atom is -0.399 e. The number of ether oxygens (including phenoxy) is 1. The second-order valence-corrected chi connectivity index (χ2v) is 5.22. The Morgan fingerprint density at radius 1 is 1.25 bits per heavy atom. The van der Waals surface area contributed by atoms with Crippen molar-refractivity contribution in [3.8, 4) is 0 Å². The van der Waals surface area contributed by atoms with Crippen molar-refractivity contribution in [2.45, 2.75) is 31.2 Å². The standard InChI is InChI=1S/C13H16F3N3O/c1-11(8-4-3-5-9(17)6-8)7-20-12(2,10(18)19-11)13(14,15)16/h3-6H,7,17H2,1-2H3,(H2,18,19). The Labute approximate surface area is 114 Å². The predicted octanol–water partition coefficient (Wildman–Crippen LogP) is 2.19. The molecule has 4 N–H and O–H groups in total. The van der Waals surface area contributed by atoms with E-state index in [2.05, 4.69) is 4.99 Å². The fraction of sp³-hybridized carbons (Fsp3) is 0.462. The summed E-state index contributed by atoms with van der Waals surface area (Å²) in [7, 11) is 0. The van der Waals surface area contributed by atoms with E-state index in [1.165, 1.54) is 0 Å². The van der Waals surface area contributed by atoms with E-state index in [9.17, 15) is 13.2 Å². The van der Waals surface area contributed by atoms with Gasteiger partial charge in [0, 0.05) is 5.69 Å². The summed E-state index contributed by atoms with van der Waals surface area (Å²) < 4.78 is 44.0. The molecule has 0 fully saturated rings. The highest BCUT2D eigenvalue weighted by Crippen LogP contribution is 2.40. The number of hydrogen-bond acceptors (Lipinski definition) is 4. The zero-order valence-corrected chi connectivity index (χ0v) is 11.2. The third-order valence-electron chi connectivity index (χ3n) is 3.55. The average molecular weight is 287 g/mol. The molecule has 7 heteroatoms. The number of nitrogens with zero attached hydrogens (tertiary/aromatic N) is 1. The van der Waals surface area contributed by atoms with Crippen molar-refractivity contribution < 1.29 is 17.9 Å². The van der Waals surface area contributed by atoms with Gasteiger partial charge in [-0.25, -0.2) is 0 Å². The number of anilines is 1. The lowest BCUT2D eigenvalue weighted by molar-refractivity contribution is -0.249. The fourth-order valence-corrected chi connectivity index (χ4v) is 2.01. The number of alkyl halides is 3. The smallest absolute Gasteiger partial charge is 0.399 e. The molecule has 2 unspecified atom stereocenters. The Morgan fingerprint density at radius 2 is 1.90 bits per heavy atom. The number of amidine groups is 1. The molecule has 2 rings (SSSR count). The number of halogens is 3. The first-order valence-corrected chi connectivity index (χ1v) is 6.01. The van der Waals surface area contributed by atoms with Gasteiger partial charge in [-0.2, -0.15) is 13.2 Å². The Bertz CT molecular complexity index is 558. The molecule has 0 saturated heterocycles. The lowest BCUT2D eigenvalue weighted by Crippen LogP contribution is -2.60. The SMILES string of the molecule is CC1(c2cccc(N)c2)COC(C)(C(F)(F)F)C(N)=N1. The summed E-state index contributed by atoms with van der Waals surface area (Å²) in [4.78, 5) is 4.04. The van der Waals surface area contributed by atoms with Crippen molar-refractivity contribution in [3.63, 3.8) is 0 Å². The molecule has 0 radical (unpaired) electrons. The lowest BCUT2D eigenvalue weighted by atomic mass is 9.90. The topological polar surface area (TPSA) is 73.6 Å². The van der Waals surface area contributed by atoms with Crippen LogP contribution in [0.25, 0.3) is 0 Å². The second-order valence-electron chi connectivity index (χ2n) is 5.22. The Kier molecular flexibility index (Phi) is 3.20. The summed E-state index contributed by atoms with van der Waals surface area (Å²) >= 11 is 0. The highest BCUT2D eigenvalue weighted by Gasteiger charge is 2.58. The van der Waals surface area contributed by atoms with Gasteiger partial charge in [0.2, 0.25) is 5.60 Å². The summed E-state index contributed by atoms with van der Waals surface area (Å²) in [5, 5.41) is 0. The first-order valence-electron chi connectivity index (χ1n) is 6.01. The third kappa shape index (κ3) is 2.22. The van der Waals surface area contributed by atoms with Gasteiger partial charge in [0.05, 0.1) is 6.61 Å². The fourth-order valence-electron chi connectivity index (χ4n) is 2.01. The maximum absolute atomic E-state index is 13.0. The average Bonchev–Trinajstić information content (AvgIpc) is 2.33. The first kappa shape index (κ1) is 14.6. The van der Waals surface area contributed by atoms with Gasteiger partial charge in [0.15, 0.2) is 0 Å². The third-order valence-corrected chi connectivity index (χ3v) is 3.55. The quantitative estimate of drug-likeness (QED) is 0.778. The van der Waals surface area contributed by atoms with Crippen LogP contribution < -0.4 is 11.5 Å². The van der Waals surface area contributed by atoms with Gasteiger partial charge >= 0.3 is 6.18 Å². The van der Waals surface area contributed by atoms with E-state index in [-0.39, 0.29) is 6.61 Å². The van der Waals surface area contributed by atoms with E-state index in [4.69, 9.17) is 16.2 Å². The number of benzene rings is 1. The Balaban J connectivity index is 2.44. The largest absolute Gasteiger partial charge is 0.424 e. The van der Waals surface area contributed by atoms with Crippen molar-refractivity contribution in [1.82, 2.24) is 0 Å². The summed E-state index contributed by atoms with van der Waals surface area (Å²) in [6, 6.07) is 6.77. The van der Waals surface area contributed by atoms with Crippen LogP contribution in [0.1, 0.15) is 19.4 Å². The maximum atomic E-state index is 13.0. The van der Waals surface area contributed by atoms with E-state index < -0.39 is 23.2 Å². The number of rotatable bonds is 1. The van der Waals surface area contributed by atoms with Crippen LogP contribution in [0.3, 0.4) is 0 Å². The van der Waals surface area contributed by atoms with Crippen molar-refractivity contribution >= 4 is 11.5 Å². The van der Waals surface area contributed by atoms with Gasteiger partial charge in [-0.3, -0.25) is 4.99 Å². The van der Waals surface area contributed by atoms with Gasteiger partial charge in [0.25, 0.3) is 0 Å². The molecule has 1 aliphatic heterocycles. The van der Waals surface area contributed by atoms with Crippen LogP contribution >= 0.6 is 0 Å². The van der Waals surface area contributed by atoms with Gasteiger partial charge in [-0.15, -0.1) is 0 Å². The molecule has 1 heterocycles. The highest BCUT2D eigenvalue weighted by molar-refractivity contribution is 5.90. The molecular weight excluding hydrogens is 271 g/mol. The van der Waals surface area contributed by atoms with E-state index in [0.717, 1.165) is 6.92 Å². The van der Waals surface area contributed by atoms with Crippen LogP contribution in [0.15, 0.2) is 29.3 Å². The van der Waals surface area contributed by atoms with E-state index >= 15 is 0 Å². The summed E-state index contributed by atoms with van der Waals surface area (Å²) in [5.41, 5.74) is 8.83. The molecule has 110 valence electrons. The van der Waals surface area contributed by atoms with Crippen LogP contribution in [0.4, 0.5) is 18.9 Å². The molecule has 0 amide bonds. The molecule has 2 atom stereocenters. The van der Waals surface area contributed by atoms with Crippen LogP contribution in [0.5, 0.6) is 0 Å². The normalized spacial score (nSPS) is 30.9. The maximum Gasteiger partial charge on any atom is 0.424 e. The Hall–Kier alpha value is -1.76. The summed E-state index contributed by atoms with van der Waals surface area (Å²) in [6.07, 6.45) is -4.61. The molecule has 4 nitrogen and oxygen atoms in total. The van der Waals surface area contributed by atoms with E-state index in [0.29, 0.717) is 11.3 Å². The predicted molar refractivity (Wildman–Crippen MR) is 70.2 cm³/mol. The molecular formula is C13H16F3N3O. The number of nitrogen functional groups attached to an aromatic ring is 1. The minimum atomic E-state index is -4.61. The van der Waals surface area contributed by atoms with Gasteiger partial charge < -0.3 is 16.2 Å². The molecule has 1 aromatic rings. The molecule has 1 aromatic carbocycles. The lowest BCUT2D eigenvalue weighted by Gasteiger charge is -2.40. The minimum absolute atomic E-state index is 0.229. The number of aliphatic imine (C=N–C) groups is 1. The van der Waals surface area contributed by atoms with Gasteiger partial charge in [-0.05, 0) is 31.5 Å². The summed E-state index contributed by atoms with van der Waals surface area (Å²) in [6.45, 7) is 2.31. The monoisotopic (exact) mass is 287 g/mol. The van der Waals surface area contributed by atoms with Crippen molar-refractivity contribution in [3.05, 3.63) is 29.8 Å². The molecule has 20 heavy (non-hydrogen) atoms. The van der Waals surface area contributed by atoms with E-state index in [1.807, 2.05) is 0 Å². The zero-order chi connectivity index (χ0) is 15.2. The number of hydrogen-bond donors (Lipinski definition) is 2. The number of nitrogens with two attached hydrogens (primary N) is 2. The van der Waals surface area contributed by atoms with Crippen molar-refractivity contribution in [2.24, 2.45) is 10.7 Å². The first-order chi connectivity index (χ1) is 9.08. The molecule has 1 aliphatic rings.